The number of nitrogens with one attached hydrogen (secondary N) is 1. The monoisotopic (exact) mass is 287 g/mol. The number of rotatable bonds is 3. The van der Waals surface area contributed by atoms with Crippen molar-refractivity contribution in [2.45, 2.75) is 24.8 Å². The van der Waals surface area contributed by atoms with Crippen molar-refractivity contribution in [3.8, 4) is 0 Å². The van der Waals surface area contributed by atoms with Gasteiger partial charge < -0.3 is 10.2 Å². The first kappa shape index (κ1) is 13.6. The lowest BCUT2D eigenvalue weighted by Crippen LogP contribution is -2.31. The number of piperidine rings is 1. The summed E-state index contributed by atoms with van der Waals surface area (Å²) in [6.07, 6.45) is 2.35. The highest BCUT2D eigenvalue weighted by molar-refractivity contribution is 7.13. The Morgan fingerprint density at radius 2 is 2.05 bits per heavy atom. The van der Waals surface area contributed by atoms with Crippen LogP contribution in [0.3, 0.4) is 0 Å². The molecule has 2 unspecified atom stereocenters. The van der Waals surface area contributed by atoms with Crippen LogP contribution in [0.15, 0.2) is 35.7 Å². The molecule has 0 spiro atoms. The number of hydrogen-bond donors (Lipinski definition) is 1. The molecule has 3 nitrogen and oxygen atoms in total. The first-order valence-corrected chi connectivity index (χ1v) is 8.03. The van der Waals surface area contributed by atoms with Gasteiger partial charge >= 0.3 is 0 Å². The van der Waals surface area contributed by atoms with Crippen molar-refractivity contribution in [1.29, 1.82) is 0 Å². The highest BCUT2D eigenvalue weighted by Gasteiger charge is 2.25. The summed E-state index contributed by atoms with van der Waals surface area (Å²) in [6.45, 7) is 1.07. The third kappa shape index (κ3) is 2.86. The average Bonchev–Trinajstić information content (AvgIpc) is 2.98. The maximum Gasteiger partial charge on any atom is 0.185 e. The molecule has 0 saturated carbocycles. The van der Waals surface area contributed by atoms with Gasteiger partial charge in [-0.05, 0) is 30.9 Å². The second kappa shape index (κ2) is 5.94. The standard InChI is InChI=1S/C16H21N3S/c1-19(2)16-18-15(11-20-16)14-10-13(8-9-17-14)12-6-4-3-5-7-12/h3-7,11,13-14,17H,8-10H2,1-2H3. The van der Waals surface area contributed by atoms with Crippen LogP contribution >= 0.6 is 11.3 Å². The van der Waals surface area contributed by atoms with E-state index in [0.717, 1.165) is 18.1 Å². The lowest BCUT2D eigenvalue weighted by Gasteiger charge is -2.29. The molecule has 20 heavy (non-hydrogen) atoms. The fourth-order valence-corrected chi connectivity index (χ4v) is 3.62. The molecule has 0 aliphatic carbocycles. The van der Waals surface area contributed by atoms with E-state index < -0.39 is 0 Å². The van der Waals surface area contributed by atoms with Gasteiger partial charge in [-0.3, -0.25) is 0 Å². The third-order valence-electron chi connectivity index (χ3n) is 3.92. The maximum absolute atomic E-state index is 4.74. The van der Waals surface area contributed by atoms with Crippen LogP contribution in [-0.2, 0) is 0 Å². The quantitative estimate of drug-likeness (QED) is 0.937. The molecular formula is C16H21N3S. The molecule has 3 rings (SSSR count). The van der Waals surface area contributed by atoms with E-state index in [4.69, 9.17) is 4.98 Å². The molecule has 0 radical (unpaired) electrons. The fraction of sp³-hybridized carbons (Fsp3) is 0.438. The van der Waals surface area contributed by atoms with Crippen molar-refractivity contribution >= 4 is 16.5 Å². The molecule has 106 valence electrons. The summed E-state index contributed by atoms with van der Waals surface area (Å²) in [5.41, 5.74) is 2.65. The van der Waals surface area contributed by atoms with E-state index >= 15 is 0 Å². The van der Waals surface area contributed by atoms with Gasteiger partial charge in [0.05, 0.1) is 11.7 Å². The molecule has 0 bridgehead atoms. The zero-order valence-corrected chi connectivity index (χ0v) is 12.9. The van der Waals surface area contributed by atoms with Crippen molar-refractivity contribution in [3.63, 3.8) is 0 Å². The number of anilines is 1. The number of benzene rings is 1. The van der Waals surface area contributed by atoms with Gasteiger partial charge in [0.15, 0.2) is 5.13 Å². The minimum Gasteiger partial charge on any atom is -0.354 e. The Balaban J connectivity index is 1.74. The molecule has 0 amide bonds. The Hall–Kier alpha value is -1.39. The zero-order chi connectivity index (χ0) is 13.9. The van der Waals surface area contributed by atoms with Crippen molar-refractivity contribution in [2.24, 2.45) is 0 Å². The Labute approximate surface area is 124 Å². The lowest BCUT2D eigenvalue weighted by molar-refractivity contribution is 0.365. The van der Waals surface area contributed by atoms with E-state index in [9.17, 15) is 0 Å². The van der Waals surface area contributed by atoms with Crippen molar-refractivity contribution in [2.75, 3.05) is 25.5 Å². The van der Waals surface area contributed by atoms with Gasteiger partial charge in [0, 0.05) is 19.5 Å². The fourth-order valence-electron chi connectivity index (χ4n) is 2.81. The molecule has 1 fully saturated rings. The Kier molecular flexibility index (Phi) is 4.03. The van der Waals surface area contributed by atoms with Crippen molar-refractivity contribution in [3.05, 3.63) is 47.0 Å². The van der Waals surface area contributed by atoms with Gasteiger partial charge in [-0.15, -0.1) is 11.3 Å². The predicted octanol–water partition coefficient (Wildman–Crippen LogP) is 3.42. The van der Waals surface area contributed by atoms with E-state index in [0.29, 0.717) is 12.0 Å². The Morgan fingerprint density at radius 3 is 2.75 bits per heavy atom. The highest BCUT2D eigenvalue weighted by atomic mass is 32.1. The van der Waals surface area contributed by atoms with Crippen LogP contribution in [-0.4, -0.2) is 25.6 Å². The van der Waals surface area contributed by atoms with Gasteiger partial charge in [-0.25, -0.2) is 4.98 Å². The van der Waals surface area contributed by atoms with E-state index in [-0.39, 0.29) is 0 Å². The van der Waals surface area contributed by atoms with E-state index in [1.54, 1.807) is 11.3 Å². The van der Waals surface area contributed by atoms with Gasteiger partial charge in [-0.1, -0.05) is 30.3 Å². The molecular weight excluding hydrogens is 266 g/mol. The van der Waals surface area contributed by atoms with Crippen LogP contribution in [0, 0.1) is 0 Å². The normalized spacial score (nSPS) is 22.7. The van der Waals surface area contributed by atoms with Crippen LogP contribution in [0.5, 0.6) is 0 Å². The molecule has 2 aromatic rings. The molecule has 1 aliphatic heterocycles. The predicted molar refractivity (Wildman–Crippen MR) is 85.6 cm³/mol. The minimum atomic E-state index is 0.388. The molecule has 1 aliphatic rings. The van der Waals surface area contributed by atoms with Crippen LogP contribution in [0.25, 0.3) is 0 Å². The summed E-state index contributed by atoms with van der Waals surface area (Å²) in [4.78, 5) is 6.82. The van der Waals surface area contributed by atoms with Gasteiger partial charge in [-0.2, -0.15) is 0 Å². The SMILES string of the molecule is CN(C)c1nc(C2CC(c3ccccc3)CCN2)cs1. The number of nitrogens with zero attached hydrogens (tertiary/aromatic N) is 2. The second-order valence-corrected chi connectivity index (χ2v) is 6.42. The molecule has 1 aromatic carbocycles. The molecule has 1 saturated heterocycles. The smallest absolute Gasteiger partial charge is 0.185 e. The summed E-state index contributed by atoms with van der Waals surface area (Å²) >= 11 is 1.72. The topological polar surface area (TPSA) is 28.2 Å². The van der Waals surface area contributed by atoms with Crippen LogP contribution in [0.2, 0.25) is 0 Å². The highest BCUT2D eigenvalue weighted by Crippen LogP contribution is 2.35. The summed E-state index contributed by atoms with van der Waals surface area (Å²) < 4.78 is 0. The molecule has 1 N–H and O–H groups in total. The number of thiazole rings is 1. The average molecular weight is 287 g/mol. The third-order valence-corrected chi connectivity index (χ3v) is 4.95. The van der Waals surface area contributed by atoms with Gasteiger partial charge in [0.25, 0.3) is 0 Å². The zero-order valence-electron chi connectivity index (χ0n) is 12.0. The first-order chi connectivity index (χ1) is 9.74. The molecule has 2 heterocycles. The molecule has 1 aromatic heterocycles. The summed E-state index contributed by atoms with van der Waals surface area (Å²) in [7, 11) is 4.09. The van der Waals surface area contributed by atoms with Gasteiger partial charge in [0.1, 0.15) is 0 Å². The maximum atomic E-state index is 4.74. The van der Waals surface area contributed by atoms with Gasteiger partial charge in [0.2, 0.25) is 0 Å². The summed E-state index contributed by atoms with van der Waals surface area (Å²) in [5, 5.41) is 6.89. The largest absolute Gasteiger partial charge is 0.354 e. The van der Waals surface area contributed by atoms with Crippen LogP contribution in [0.4, 0.5) is 5.13 Å². The van der Waals surface area contributed by atoms with E-state index in [1.165, 1.54) is 17.7 Å². The molecule has 2 atom stereocenters. The van der Waals surface area contributed by atoms with Crippen LogP contribution < -0.4 is 10.2 Å². The summed E-state index contributed by atoms with van der Waals surface area (Å²) in [6, 6.07) is 11.3. The number of aromatic nitrogens is 1. The minimum absolute atomic E-state index is 0.388. The van der Waals surface area contributed by atoms with E-state index in [1.807, 2.05) is 14.1 Å². The van der Waals surface area contributed by atoms with Crippen molar-refractivity contribution < 1.29 is 0 Å². The Bertz CT molecular complexity index is 550. The lowest BCUT2D eigenvalue weighted by atomic mass is 9.86. The first-order valence-electron chi connectivity index (χ1n) is 7.15. The van der Waals surface area contributed by atoms with E-state index in [2.05, 4.69) is 45.9 Å². The second-order valence-electron chi connectivity index (χ2n) is 5.59. The molecule has 4 heteroatoms. The Morgan fingerprint density at radius 1 is 1.25 bits per heavy atom. The van der Waals surface area contributed by atoms with Crippen molar-refractivity contribution in [1.82, 2.24) is 10.3 Å². The summed E-state index contributed by atoms with van der Waals surface area (Å²) in [5.74, 6) is 0.645. The number of hydrogen-bond acceptors (Lipinski definition) is 4. The van der Waals surface area contributed by atoms with Crippen LogP contribution in [0.1, 0.15) is 36.1 Å².